The van der Waals surface area contributed by atoms with Crippen molar-refractivity contribution in [2.45, 2.75) is 44.8 Å². The van der Waals surface area contributed by atoms with Crippen LogP contribution in [0.1, 0.15) is 59.4 Å². The first-order valence-electron chi connectivity index (χ1n) is 12.1. The predicted octanol–water partition coefficient (Wildman–Crippen LogP) is 5.03. The van der Waals surface area contributed by atoms with Crippen LogP contribution in [0.2, 0.25) is 0 Å². The van der Waals surface area contributed by atoms with E-state index in [0.29, 0.717) is 41.3 Å². The summed E-state index contributed by atoms with van der Waals surface area (Å²) in [7, 11) is 0. The van der Waals surface area contributed by atoms with Gasteiger partial charge in [0.25, 0.3) is 5.91 Å². The van der Waals surface area contributed by atoms with Gasteiger partial charge in [-0.05, 0) is 81.8 Å². The Hall–Kier alpha value is -4.33. The fourth-order valence-electron chi connectivity index (χ4n) is 4.12. The quantitative estimate of drug-likeness (QED) is 0.226. The van der Waals surface area contributed by atoms with Crippen molar-refractivity contribution in [1.82, 2.24) is 5.32 Å². The van der Waals surface area contributed by atoms with Crippen LogP contribution in [0.4, 0.5) is 0 Å². The third-order valence-corrected chi connectivity index (χ3v) is 5.81. The van der Waals surface area contributed by atoms with E-state index < -0.39 is 17.7 Å². The summed E-state index contributed by atoms with van der Waals surface area (Å²) in [6, 6.07) is 21.4. The SMILES string of the molecule is CC(C)(C)OC(=O)c1ccc2c(c1)C(CCNC(=O)c1ccc(Oc3ccccc3)cc1)C(C(=N)N)O2. The average Bonchev–Trinajstić information content (AvgIpc) is 3.22. The molecule has 0 saturated carbocycles. The maximum atomic E-state index is 12.7. The van der Waals surface area contributed by atoms with Crippen molar-refractivity contribution in [2.75, 3.05) is 6.54 Å². The summed E-state index contributed by atoms with van der Waals surface area (Å²) in [5.74, 6) is 0.844. The second kappa shape index (κ2) is 10.7. The number of rotatable bonds is 8. The summed E-state index contributed by atoms with van der Waals surface area (Å²) < 4.78 is 17.1. The summed E-state index contributed by atoms with van der Waals surface area (Å²) in [6.07, 6.45) is -0.203. The van der Waals surface area contributed by atoms with Crippen molar-refractivity contribution in [3.8, 4) is 17.2 Å². The van der Waals surface area contributed by atoms with Crippen molar-refractivity contribution < 1.29 is 23.8 Å². The van der Waals surface area contributed by atoms with Crippen molar-refractivity contribution in [3.05, 3.63) is 89.5 Å². The minimum Gasteiger partial charge on any atom is -0.482 e. The topological polar surface area (TPSA) is 124 Å². The van der Waals surface area contributed by atoms with E-state index in [2.05, 4.69) is 5.32 Å². The summed E-state index contributed by atoms with van der Waals surface area (Å²) in [5.41, 5.74) is 6.85. The normalized spacial score (nSPS) is 16.3. The molecule has 37 heavy (non-hydrogen) atoms. The molecule has 0 fully saturated rings. The largest absolute Gasteiger partial charge is 0.482 e. The van der Waals surface area contributed by atoms with E-state index in [4.69, 9.17) is 25.4 Å². The molecule has 1 heterocycles. The van der Waals surface area contributed by atoms with Gasteiger partial charge in [-0.3, -0.25) is 10.2 Å². The summed E-state index contributed by atoms with van der Waals surface area (Å²) in [6.45, 7) is 5.75. The highest BCUT2D eigenvalue weighted by atomic mass is 16.6. The highest BCUT2D eigenvalue weighted by Gasteiger charge is 2.37. The third-order valence-electron chi connectivity index (χ3n) is 5.81. The first-order valence-corrected chi connectivity index (χ1v) is 12.1. The third kappa shape index (κ3) is 6.46. The summed E-state index contributed by atoms with van der Waals surface area (Å²) >= 11 is 0. The van der Waals surface area contributed by atoms with Crippen LogP contribution in [0.3, 0.4) is 0 Å². The van der Waals surface area contributed by atoms with E-state index in [0.717, 1.165) is 5.56 Å². The highest BCUT2D eigenvalue weighted by molar-refractivity contribution is 5.94. The molecular formula is C29H31N3O5. The van der Waals surface area contributed by atoms with Crippen LogP contribution in [0, 0.1) is 5.41 Å². The molecule has 0 bridgehead atoms. The molecule has 1 aliphatic heterocycles. The molecule has 3 aromatic rings. The molecule has 0 aromatic heterocycles. The minimum atomic E-state index is -0.671. The molecule has 192 valence electrons. The van der Waals surface area contributed by atoms with Crippen molar-refractivity contribution >= 4 is 17.7 Å². The number of esters is 1. The number of carbonyl (C=O) groups is 2. The van der Waals surface area contributed by atoms with Crippen molar-refractivity contribution in [3.63, 3.8) is 0 Å². The zero-order chi connectivity index (χ0) is 26.6. The first kappa shape index (κ1) is 25.8. The number of para-hydroxylation sites is 1. The average molecular weight is 502 g/mol. The Morgan fingerprint density at radius 1 is 0.973 bits per heavy atom. The molecule has 4 rings (SSSR count). The van der Waals surface area contributed by atoms with Gasteiger partial charge in [0.05, 0.1) is 5.56 Å². The zero-order valence-corrected chi connectivity index (χ0v) is 21.1. The lowest BCUT2D eigenvalue weighted by Gasteiger charge is -2.20. The van der Waals surface area contributed by atoms with E-state index in [1.54, 1.807) is 42.5 Å². The van der Waals surface area contributed by atoms with Gasteiger partial charge in [0.2, 0.25) is 0 Å². The van der Waals surface area contributed by atoms with Gasteiger partial charge in [0.15, 0.2) is 6.10 Å². The number of nitrogens with two attached hydrogens (primary N) is 1. The van der Waals surface area contributed by atoms with Gasteiger partial charge in [0.1, 0.15) is 28.7 Å². The molecule has 0 radical (unpaired) electrons. The molecule has 2 unspecified atom stereocenters. The van der Waals surface area contributed by atoms with E-state index in [-0.39, 0.29) is 17.7 Å². The molecule has 1 amide bonds. The van der Waals surface area contributed by atoms with E-state index >= 15 is 0 Å². The highest BCUT2D eigenvalue weighted by Crippen LogP contribution is 2.41. The number of ether oxygens (including phenoxy) is 3. The molecule has 0 saturated heterocycles. The fraction of sp³-hybridized carbons (Fsp3) is 0.276. The fourth-order valence-corrected chi connectivity index (χ4v) is 4.12. The molecular weight excluding hydrogens is 470 g/mol. The van der Waals surface area contributed by atoms with Gasteiger partial charge < -0.3 is 25.3 Å². The van der Waals surface area contributed by atoms with Gasteiger partial charge in [-0.25, -0.2) is 4.79 Å². The van der Waals surface area contributed by atoms with E-state index in [1.807, 2.05) is 51.1 Å². The number of fused-ring (bicyclic) bond motifs is 1. The summed E-state index contributed by atoms with van der Waals surface area (Å²) in [4.78, 5) is 25.3. The van der Waals surface area contributed by atoms with E-state index in [1.165, 1.54) is 0 Å². The standard InChI is InChI=1S/C29H31N3O5/c1-29(2,3)37-28(34)19-11-14-24-23(17-19)22(25(36-24)26(30)31)15-16-32-27(33)18-9-12-21(13-10-18)35-20-7-5-4-6-8-20/h4-14,17,22,25H,15-16H2,1-3H3,(H3,30,31)(H,32,33). The molecule has 8 heteroatoms. The number of carbonyl (C=O) groups excluding carboxylic acids is 2. The monoisotopic (exact) mass is 501 g/mol. The molecule has 3 aromatic carbocycles. The number of hydrogen-bond acceptors (Lipinski definition) is 6. The lowest BCUT2D eigenvalue weighted by molar-refractivity contribution is 0.00693. The zero-order valence-electron chi connectivity index (χ0n) is 21.1. The molecule has 1 aliphatic rings. The van der Waals surface area contributed by atoms with Crippen LogP contribution < -0.4 is 20.5 Å². The number of nitrogens with one attached hydrogen (secondary N) is 2. The molecule has 0 spiro atoms. The van der Waals surface area contributed by atoms with Crippen LogP contribution in [0.5, 0.6) is 17.2 Å². The maximum Gasteiger partial charge on any atom is 0.338 e. The lowest BCUT2D eigenvalue weighted by Crippen LogP contribution is -2.36. The number of amidine groups is 1. The number of hydrogen-bond donors (Lipinski definition) is 3. The van der Waals surface area contributed by atoms with Gasteiger partial charge in [0, 0.05) is 23.6 Å². The second-order valence-electron chi connectivity index (χ2n) is 9.84. The second-order valence-corrected chi connectivity index (χ2v) is 9.84. The van der Waals surface area contributed by atoms with Crippen molar-refractivity contribution in [1.29, 1.82) is 5.41 Å². The maximum absolute atomic E-state index is 12.7. The number of benzene rings is 3. The Kier molecular flexibility index (Phi) is 7.47. The predicted molar refractivity (Wildman–Crippen MR) is 141 cm³/mol. The Morgan fingerprint density at radius 2 is 1.62 bits per heavy atom. The van der Waals surface area contributed by atoms with Gasteiger partial charge >= 0.3 is 5.97 Å². The molecule has 0 aliphatic carbocycles. The van der Waals surface area contributed by atoms with Gasteiger partial charge in [-0.15, -0.1) is 0 Å². The molecule has 4 N–H and O–H groups in total. The Labute approximate surface area is 216 Å². The Bertz CT molecular complexity index is 1280. The van der Waals surface area contributed by atoms with Crippen LogP contribution in [0.25, 0.3) is 0 Å². The van der Waals surface area contributed by atoms with Gasteiger partial charge in [-0.1, -0.05) is 18.2 Å². The van der Waals surface area contributed by atoms with Gasteiger partial charge in [-0.2, -0.15) is 0 Å². The molecule has 8 nitrogen and oxygen atoms in total. The molecule has 2 atom stereocenters. The Balaban J connectivity index is 1.40. The smallest absolute Gasteiger partial charge is 0.338 e. The van der Waals surface area contributed by atoms with Crippen LogP contribution in [-0.2, 0) is 4.74 Å². The minimum absolute atomic E-state index is 0.111. The van der Waals surface area contributed by atoms with Crippen molar-refractivity contribution in [2.24, 2.45) is 5.73 Å². The Morgan fingerprint density at radius 3 is 2.27 bits per heavy atom. The first-order chi connectivity index (χ1) is 17.6. The summed E-state index contributed by atoms with van der Waals surface area (Å²) in [5, 5.41) is 10.9. The van der Waals surface area contributed by atoms with E-state index in [9.17, 15) is 9.59 Å². The lowest BCUT2D eigenvalue weighted by atomic mass is 9.90. The van der Waals surface area contributed by atoms with Crippen LogP contribution >= 0.6 is 0 Å². The van der Waals surface area contributed by atoms with Crippen LogP contribution in [0.15, 0.2) is 72.8 Å². The van der Waals surface area contributed by atoms with Crippen LogP contribution in [-0.4, -0.2) is 36.0 Å². The number of amides is 1.